The third-order valence-corrected chi connectivity index (χ3v) is 2.85. The Balaban J connectivity index is 0.000000606. The van der Waals surface area contributed by atoms with Gasteiger partial charge >= 0.3 is 0 Å². The van der Waals surface area contributed by atoms with Crippen molar-refractivity contribution in [1.82, 2.24) is 0 Å². The van der Waals surface area contributed by atoms with Crippen LogP contribution in [0.5, 0.6) is 0 Å². The normalized spacial score (nSPS) is 21.2. The van der Waals surface area contributed by atoms with Gasteiger partial charge in [-0.25, -0.2) is 0 Å². The molecule has 2 nitrogen and oxygen atoms in total. The summed E-state index contributed by atoms with van der Waals surface area (Å²) in [6, 6.07) is 8.24. The van der Waals surface area contributed by atoms with E-state index in [9.17, 15) is 5.11 Å². The summed E-state index contributed by atoms with van der Waals surface area (Å²) >= 11 is 0. The third-order valence-electron chi connectivity index (χ3n) is 2.85. The van der Waals surface area contributed by atoms with Crippen molar-refractivity contribution >= 4 is 5.69 Å². The first kappa shape index (κ1) is 13.0. The molecule has 2 N–H and O–H groups in total. The molecule has 0 aromatic heterocycles. The van der Waals surface area contributed by atoms with Gasteiger partial charge in [-0.2, -0.15) is 0 Å². The van der Waals surface area contributed by atoms with Crippen LogP contribution in [0.4, 0.5) is 5.69 Å². The zero-order valence-electron chi connectivity index (χ0n) is 10.7. The van der Waals surface area contributed by atoms with Crippen LogP contribution in [0.15, 0.2) is 24.3 Å². The molecule has 0 fully saturated rings. The van der Waals surface area contributed by atoms with E-state index in [1.54, 1.807) is 0 Å². The largest absolute Gasteiger partial charge is 0.396 e. The van der Waals surface area contributed by atoms with Crippen LogP contribution in [0.25, 0.3) is 0 Å². The molecule has 90 valence electrons. The first-order chi connectivity index (χ1) is 7.62. The fraction of sp³-hybridized carbons (Fsp3) is 0.571. The van der Waals surface area contributed by atoms with E-state index in [4.69, 9.17) is 0 Å². The minimum atomic E-state index is 0.0851. The quantitative estimate of drug-likeness (QED) is 0.762. The maximum Gasteiger partial charge on any atom is 0.0501 e. The Hall–Kier alpha value is -1.02. The van der Waals surface area contributed by atoms with E-state index in [1.165, 1.54) is 11.3 Å². The Morgan fingerprint density at radius 3 is 2.56 bits per heavy atom. The van der Waals surface area contributed by atoms with Crippen molar-refractivity contribution in [3.05, 3.63) is 29.8 Å². The molecule has 16 heavy (non-hydrogen) atoms. The number of aliphatic hydroxyl groups is 1. The molecular weight excluding hydrogens is 198 g/mol. The van der Waals surface area contributed by atoms with Crippen LogP contribution in [-0.2, 0) is 0 Å². The molecule has 2 rings (SSSR count). The molecule has 0 aliphatic carbocycles. The summed E-state index contributed by atoms with van der Waals surface area (Å²) in [4.78, 5) is 0. The van der Waals surface area contributed by atoms with Crippen LogP contribution in [0.1, 0.15) is 45.6 Å². The van der Waals surface area contributed by atoms with Gasteiger partial charge in [-0.15, -0.1) is 0 Å². The van der Waals surface area contributed by atoms with E-state index in [0.29, 0.717) is 0 Å². The lowest BCUT2D eigenvalue weighted by molar-refractivity contribution is 0.241. The van der Waals surface area contributed by atoms with Gasteiger partial charge in [0, 0.05) is 17.1 Å². The Morgan fingerprint density at radius 2 is 1.94 bits per heavy atom. The zero-order chi connectivity index (χ0) is 12.2. The monoisotopic (exact) mass is 221 g/mol. The molecule has 1 unspecified atom stereocenters. The first-order valence-corrected chi connectivity index (χ1v) is 6.10. The lowest BCUT2D eigenvalue weighted by atomic mass is 9.81. The van der Waals surface area contributed by atoms with Gasteiger partial charge < -0.3 is 10.4 Å². The summed E-state index contributed by atoms with van der Waals surface area (Å²) in [6.45, 7) is 8.58. The first-order valence-electron chi connectivity index (χ1n) is 6.10. The third kappa shape index (κ3) is 2.76. The minimum absolute atomic E-state index is 0.0851. The average molecular weight is 221 g/mol. The molecule has 0 bridgehead atoms. The van der Waals surface area contributed by atoms with E-state index in [-0.39, 0.29) is 18.1 Å². The van der Waals surface area contributed by atoms with Crippen LogP contribution in [-0.4, -0.2) is 17.3 Å². The molecule has 1 aromatic rings. The Bertz CT molecular complexity index is 333. The standard InChI is InChI=1S/C12H17NO.C2H6/c1-12(2)7-9(8-14)10-5-3-4-6-11(10)13-12;1-2/h3-6,9,13-14H,7-8H2,1-2H3;1-2H3. The lowest BCUT2D eigenvalue weighted by Gasteiger charge is -2.38. The predicted octanol–water partition coefficient (Wildman–Crippen LogP) is 3.38. The number of benzene rings is 1. The molecule has 1 aromatic carbocycles. The number of fused-ring (bicyclic) bond motifs is 1. The van der Waals surface area contributed by atoms with Crippen LogP contribution in [0.2, 0.25) is 0 Å². The van der Waals surface area contributed by atoms with Crippen molar-refractivity contribution in [2.24, 2.45) is 0 Å². The average Bonchev–Trinajstić information content (AvgIpc) is 2.29. The summed E-state index contributed by atoms with van der Waals surface area (Å²) in [5, 5.41) is 12.8. The number of anilines is 1. The Labute approximate surface area is 98.7 Å². The zero-order valence-corrected chi connectivity index (χ0v) is 10.7. The second-order valence-electron chi connectivity index (χ2n) is 4.68. The molecule has 0 radical (unpaired) electrons. The predicted molar refractivity (Wildman–Crippen MR) is 69.9 cm³/mol. The second-order valence-corrected chi connectivity index (χ2v) is 4.68. The van der Waals surface area contributed by atoms with Crippen molar-refractivity contribution in [2.75, 3.05) is 11.9 Å². The highest BCUT2D eigenvalue weighted by atomic mass is 16.3. The molecule has 0 amide bonds. The van der Waals surface area contributed by atoms with Gasteiger partial charge in [0.25, 0.3) is 0 Å². The van der Waals surface area contributed by atoms with Gasteiger partial charge in [0.05, 0.1) is 6.61 Å². The van der Waals surface area contributed by atoms with Crippen molar-refractivity contribution in [1.29, 1.82) is 0 Å². The Morgan fingerprint density at radius 1 is 1.31 bits per heavy atom. The van der Waals surface area contributed by atoms with Gasteiger partial charge in [0.15, 0.2) is 0 Å². The maximum atomic E-state index is 9.34. The molecule has 1 aliphatic rings. The van der Waals surface area contributed by atoms with Crippen LogP contribution in [0, 0.1) is 0 Å². The lowest BCUT2D eigenvalue weighted by Crippen LogP contribution is -2.38. The fourth-order valence-electron chi connectivity index (χ4n) is 2.27. The highest BCUT2D eigenvalue weighted by Crippen LogP contribution is 2.38. The fourth-order valence-corrected chi connectivity index (χ4v) is 2.27. The van der Waals surface area contributed by atoms with Crippen molar-refractivity contribution in [3.8, 4) is 0 Å². The van der Waals surface area contributed by atoms with E-state index in [1.807, 2.05) is 26.0 Å². The van der Waals surface area contributed by atoms with Gasteiger partial charge in [0.2, 0.25) is 0 Å². The van der Waals surface area contributed by atoms with Crippen molar-refractivity contribution in [3.63, 3.8) is 0 Å². The molecule has 1 aliphatic heterocycles. The molecule has 0 spiro atoms. The van der Waals surface area contributed by atoms with E-state index in [2.05, 4.69) is 31.3 Å². The molecule has 2 heteroatoms. The molecule has 0 saturated heterocycles. The molecular formula is C14H23NO. The second kappa shape index (κ2) is 5.35. The van der Waals surface area contributed by atoms with E-state index >= 15 is 0 Å². The van der Waals surface area contributed by atoms with Crippen LogP contribution in [0.3, 0.4) is 0 Å². The van der Waals surface area contributed by atoms with E-state index < -0.39 is 0 Å². The summed E-state index contributed by atoms with van der Waals surface area (Å²) in [6.07, 6.45) is 0.987. The van der Waals surface area contributed by atoms with Crippen LogP contribution < -0.4 is 5.32 Å². The highest BCUT2D eigenvalue weighted by molar-refractivity contribution is 5.56. The van der Waals surface area contributed by atoms with Gasteiger partial charge in [-0.1, -0.05) is 32.0 Å². The summed E-state index contributed by atoms with van der Waals surface area (Å²) in [7, 11) is 0. The minimum Gasteiger partial charge on any atom is -0.396 e. The summed E-state index contributed by atoms with van der Waals surface area (Å²) in [5.74, 6) is 0.280. The van der Waals surface area contributed by atoms with Crippen molar-refractivity contribution in [2.45, 2.75) is 45.6 Å². The molecule has 0 saturated carbocycles. The molecule has 1 heterocycles. The summed E-state index contributed by atoms with van der Waals surface area (Å²) in [5.41, 5.74) is 2.50. The van der Waals surface area contributed by atoms with Gasteiger partial charge in [-0.3, -0.25) is 0 Å². The van der Waals surface area contributed by atoms with Gasteiger partial charge in [-0.05, 0) is 31.9 Å². The number of para-hydroxylation sites is 1. The number of rotatable bonds is 1. The SMILES string of the molecule is CC.CC1(C)CC(CO)c2ccccc2N1. The van der Waals surface area contributed by atoms with E-state index in [0.717, 1.165) is 6.42 Å². The number of aliphatic hydroxyl groups excluding tert-OH is 1. The van der Waals surface area contributed by atoms with Crippen LogP contribution >= 0.6 is 0 Å². The Kier molecular flexibility index (Phi) is 4.36. The maximum absolute atomic E-state index is 9.34. The highest BCUT2D eigenvalue weighted by Gasteiger charge is 2.30. The number of nitrogens with one attached hydrogen (secondary N) is 1. The van der Waals surface area contributed by atoms with Gasteiger partial charge in [0.1, 0.15) is 0 Å². The smallest absolute Gasteiger partial charge is 0.0501 e. The van der Waals surface area contributed by atoms with Crippen molar-refractivity contribution < 1.29 is 5.11 Å². The number of hydrogen-bond acceptors (Lipinski definition) is 2. The summed E-state index contributed by atoms with van der Waals surface area (Å²) < 4.78 is 0. The molecule has 1 atom stereocenters. The number of hydrogen-bond donors (Lipinski definition) is 2. The topological polar surface area (TPSA) is 32.3 Å².